The van der Waals surface area contributed by atoms with Crippen molar-refractivity contribution in [1.82, 2.24) is 5.32 Å². The summed E-state index contributed by atoms with van der Waals surface area (Å²) in [4.78, 5) is 11.6. The van der Waals surface area contributed by atoms with Gasteiger partial charge in [0.1, 0.15) is 0 Å². The minimum Gasteiger partial charge on any atom is -0.348 e. The van der Waals surface area contributed by atoms with Crippen molar-refractivity contribution in [2.24, 2.45) is 0 Å². The van der Waals surface area contributed by atoms with E-state index in [0.29, 0.717) is 15.6 Å². The molecule has 1 amide bonds. The van der Waals surface area contributed by atoms with Gasteiger partial charge in [-0.2, -0.15) is 0 Å². The molecule has 2 nitrogen and oxygen atoms in total. The van der Waals surface area contributed by atoms with Gasteiger partial charge in [0.2, 0.25) is 5.91 Å². The zero-order chi connectivity index (χ0) is 13.1. The summed E-state index contributed by atoms with van der Waals surface area (Å²) in [6.45, 7) is 5.75. The van der Waals surface area contributed by atoms with Crippen LogP contribution < -0.4 is 5.32 Å². The first kappa shape index (κ1) is 14.1. The second-order valence-corrected chi connectivity index (χ2v) is 5.52. The van der Waals surface area contributed by atoms with Crippen molar-refractivity contribution in [2.75, 3.05) is 0 Å². The monoisotopic (exact) mass is 271 g/mol. The third kappa shape index (κ3) is 4.80. The summed E-state index contributed by atoms with van der Waals surface area (Å²) in [6.07, 6.45) is 3.05. The highest BCUT2D eigenvalue weighted by atomic mass is 35.5. The molecule has 0 aromatic heterocycles. The average Bonchev–Trinajstić information content (AvgIpc) is 2.14. The maximum absolute atomic E-state index is 11.6. The zero-order valence-corrected chi connectivity index (χ0v) is 11.6. The maximum Gasteiger partial charge on any atom is 0.244 e. The molecule has 1 rings (SSSR count). The van der Waals surface area contributed by atoms with Crippen LogP contribution in [0.3, 0.4) is 0 Å². The summed E-state index contributed by atoms with van der Waals surface area (Å²) < 4.78 is 0. The fraction of sp³-hybridized carbons (Fsp3) is 0.308. The van der Waals surface area contributed by atoms with Crippen LogP contribution in [0.15, 0.2) is 24.3 Å². The lowest BCUT2D eigenvalue weighted by atomic mass is 10.1. The largest absolute Gasteiger partial charge is 0.348 e. The Kier molecular flexibility index (Phi) is 4.61. The Labute approximate surface area is 112 Å². The van der Waals surface area contributed by atoms with Crippen molar-refractivity contribution in [3.63, 3.8) is 0 Å². The SMILES string of the molecule is CC(C)(C)NC(=O)/C=C\c1c(Cl)cccc1Cl. The number of carbonyl (C=O) groups excluding carboxylic acids is 1. The Bertz CT molecular complexity index is 427. The van der Waals surface area contributed by atoms with Crippen molar-refractivity contribution in [2.45, 2.75) is 26.3 Å². The van der Waals surface area contributed by atoms with Gasteiger partial charge in [-0.3, -0.25) is 4.79 Å². The minimum atomic E-state index is -0.258. The fourth-order valence-corrected chi connectivity index (χ4v) is 1.76. The molecule has 0 spiro atoms. The van der Waals surface area contributed by atoms with E-state index in [1.165, 1.54) is 6.08 Å². The molecular formula is C13H15Cl2NO. The van der Waals surface area contributed by atoms with Crippen molar-refractivity contribution in [1.29, 1.82) is 0 Å². The van der Waals surface area contributed by atoms with E-state index in [9.17, 15) is 4.79 Å². The van der Waals surface area contributed by atoms with E-state index in [1.807, 2.05) is 20.8 Å². The van der Waals surface area contributed by atoms with Gasteiger partial charge in [-0.1, -0.05) is 29.3 Å². The Morgan fingerprint density at radius 1 is 1.24 bits per heavy atom. The Balaban J connectivity index is 2.81. The number of carbonyl (C=O) groups is 1. The van der Waals surface area contributed by atoms with Crippen LogP contribution in [0.5, 0.6) is 0 Å². The fourth-order valence-electron chi connectivity index (χ4n) is 1.24. The second kappa shape index (κ2) is 5.56. The molecule has 0 aliphatic rings. The summed E-state index contributed by atoms with van der Waals surface area (Å²) in [7, 11) is 0. The third-order valence-corrected chi connectivity index (χ3v) is 2.56. The third-order valence-electron chi connectivity index (χ3n) is 1.90. The molecule has 17 heavy (non-hydrogen) atoms. The highest BCUT2D eigenvalue weighted by Crippen LogP contribution is 2.25. The summed E-state index contributed by atoms with van der Waals surface area (Å²) in [5, 5.41) is 3.87. The van der Waals surface area contributed by atoms with Crippen LogP contribution in [0.4, 0.5) is 0 Å². The molecule has 0 saturated heterocycles. The van der Waals surface area contributed by atoms with Crippen molar-refractivity contribution < 1.29 is 4.79 Å². The van der Waals surface area contributed by atoms with E-state index in [4.69, 9.17) is 23.2 Å². The number of halogens is 2. The van der Waals surface area contributed by atoms with Gasteiger partial charge in [0.05, 0.1) is 0 Å². The van der Waals surface area contributed by atoms with E-state index in [-0.39, 0.29) is 11.4 Å². The Hall–Kier alpha value is -0.990. The Morgan fingerprint density at radius 2 is 1.76 bits per heavy atom. The van der Waals surface area contributed by atoms with Gasteiger partial charge in [-0.25, -0.2) is 0 Å². The highest BCUT2D eigenvalue weighted by molar-refractivity contribution is 6.37. The van der Waals surface area contributed by atoms with Gasteiger partial charge in [0.15, 0.2) is 0 Å². The van der Waals surface area contributed by atoms with Crippen LogP contribution in [0.2, 0.25) is 10.0 Å². The van der Waals surface area contributed by atoms with Crippen LogP contribution in [-0.4, -0.2) is 11.4 Å². The lowest BCUT2D eigenvalue weighted by molar-refractivity contribution is -0.117. The minimum absolute atomic E-state index is 0.173. The molecule has 92 valence electrons. The topological polar surface area (TPSA) is 29.1 Å². The molecule has 1 aromatic carbocycles. The number of nitrogens with one attached hydrogen (secondary N) is 1. The number of amides is 1. The number of rotatable bonds is 2. The van der Waals surface area contributed by atoms with Gasteiger partial charge < -0.3 is 5.32 Å². The first-order valence-corrected chi connectivity index (χ1v) is 5.99. The van der Waals surface area contributed by atoms with Crippen molar-refractivity contribution >= 4 is 35.2 Å². The molecule has 0 unspecified atom stereocenters. The molecule has 4 heteroatoms. The van der Waals surface area contributed by atoms with E-state index in [2.05, 4.69) is 5.32 Å². The Morgan fingerprint density at radius 3 is 2.24 bits per heavy atom. The average molecular weight is 272 g/mol. The van der Waals surface area contributed by atoms with Crippen LogP contribution in [0.25, 0.3) is 6.08 Å². The van der Waals surface area contributed by atoms with E-state index >= 15 is 0 Å². The van der Waals surface area contributed by atoms with Crippen molar-refractivity contribution in [3.05, 3.63) is 39.9 Å². The standard InChI is InChI=1S/C13H15Cl2NO/c1-13(2,3)16-12(17)8-7-9-10(14)5-4-6-11(9)15/h4-8H,1-3H3,(H,16,17)/b8-7-. The second-order valence-electron chi connectivity index (χ2n) is 4.71. The summed E-state index contributed by atoms with van der Waals surface area (Å²) in [6, 6.07) is 5.22. The molecule has 0 atom stereocenters. The molecule has 0 aliphatic carbocycles. The zero-order valence-electron chi connectivity index (χ0n) is 10.1. The number of hydrogen-bond donors (Lipinski definition) is 1. The van der Waals surface area contributed by atoms with Crippen LogP contribution in [0.1, 0.15) is 26.3 Å². The van der Waals surface area contributed by atoms with E-state index in [1.54, 1.807) is 24.3 Å². The smallest absolute Gasteiger partial charge is 0.244 e. The summed E-state index contributed by atoms with van der Waals surface area (Å²) in [5.41, 5.74) is 0.394. The molecule has 0 bridgehead atoms. The van der Waals surface area contributed by atoms with Crippen LogP contribution >= 0.6 is 23.2 Å². The molecule has 1 aromatic rings. The summed E-state index contributed by atoms with van der Waals surface area (Å²) in [5.74, 6) is -0.173. The lowest BCUT2D eigenvalue weighted by Crippen LogP contribution is -2.39. The molecule has 0 radical (unpaired) electrons. The molecule has 0 saturated carbocycles. The predicted octanol–water partition coefficient (Wildman–Crippen LogP) is 3.92. The van der Waals surface area contributed by atoms with Crippen LogP contribution in [0, 0.1) is 0 Å². The first-order valence-electron chi connectivity index (χ1n) is 5.24. The predicted molar refractivity (Wildman–Crippen MR) is 73.4 cm³/mol. The van der Waals surface area contributed by atoms with E-state index < -0.39 is 0 Å². The molecule has 0 heterocycles. The quantitative estimate of drug-likeness (QED) is 0.812. The van der Waals surface area contributed by atoms with Gasteiger partial charge in [0, 0.05) is 27.2 Å². The number of hydrogen-bond acceptors (Lipinski definition) is 1. The van der Waals surface area contributed by atoms with Crippen molar-refractivity contribution in [3.8, 4) is 0 Å². The van der Waals surface area contributed by atoms with Gasteiger partial charge in [-0.15, -0.1) is 0 Å². The molecule has 0 fully saturated rings. The summed E-state index contributed by atoms with van der Waals surface area (Å²) >= 11 is 12.0. The van der Waals surface area contributed by atoms with Gasteiger partial charge in [-0.05, 0) is 39.0 Å². The molecular weight excluding hydrogens is 257 g/mol. The van der Waals surface area contributed by atoms with Gasteiger partial charge >= 0.3 is 0 Å². The highest BCUT2D eigenvalue weighted by Gasteiger charge is 2.11. The van der Waals surface area contributed by atoms with E-state index in [0.717, 1.165) is 0 Å². The molecule has 0 aliphatic heterocycles. The van der Waals surface area contributed by atoms with Gasteiger partial charge in [0.25, 0.3) is 0 Å². The lowest BCUT2D eigenvalue weighted by Gasteiger charge is -2.19. The molecule has 1 N–H and O–H groups in total. The number of benzene rings is 1. The van der Waals surface area contributed by atoms with Crippen LogP contribution in [-0.2, 0) is 4.79 Å². The normalized spacial score (nSPS) is 11.8. The first-order chi connectivity index (χ1) is 7.79. The maximum atomic E-state index is 11.6.